The number of carbonyl (C=O) groups excluding carboxylic acids is 2. The molecule has 6 rings (SSSR count). The summed E-state index contributed by atoms with van der Waals surface area (Å²) < 4.78 is 12.3. The van der Waals surface area contributed by atoms with E-state index in [0.717, 1.165) is 87.9 Å². The Hall–Kier alpha value is -3.79. The molecule has 1 amide bonds. The quantitative estimate of drug-likeness (QED) is 0.144. The van der Waals surface area contributed by atoms with Gasteiger partial charge in [0.25, 0.3) is 0 Å². The van der Waals surface area contributed by atoms with E-state index in [-0.39, 0.29) is 11.9 Å². The molecular formula is C38H40BrClN4O4. The molecule has 2 aromatic heterocycles. The summed E-state index contributed by atoms with van der Waals surface area (Å²) in [6, 6.07) is 20.4. The molecule has 0 unspecified atom stereocenters. The molecule has 2 fully saturated rings. The number of rotatable bonds is 13. The summed E-state index contributed by atoms with van der Waals surface area (Å²) in [5.74, 6) is 2.05. The fraction of sp³-hybridized carbons (Fsp3) is 0.368. The second-order valence-electron chi connectivity index (χ2n) is 12.5. The molecule has 2 atom stereocenters. The van der Waals surface area contributed by atoms with E-state index < -0.39 is 0 Å². The lowest BCUT2D eigenvalue weighted by Crippen LogP contribution is -2.25. The minimum Gasteiger partial charge on any atom is -0.481 e. The van der Waals surface area contributed by atoms with Gasteiger partial charge < -0.3 is 20.1 Å². The van der Waals surface area contributed by atoms with E-state index in [1.54, 1.807) is 14.2 Å². The predicted octanol–water partition coefficient (Wildman–Crippen LogP) is 7.97. The van der Waals surface area contributed by atoms with Gasteiger partial charge in [0.15, 0.2) is 0 Å². The summed E-state index contributed by atoms with van der Waals surface area (Å²) in [4.78, 5) is 32.9. The zero-order valence-corrected chi connectivity index (χ0v) is 29.6. The first-order valence-electron chi connectivity index (χ1n) is 16.5. The highest BCUT2D eigenvalue weighted by Gasteiger charge is 2.23. The SMILES string of the molecule is COc1nc(-c2cccc(-c3cccc(-c4ccc(CNC[C@@H]5CCC(=O)C5)c(OC)n4)c3Br)c2Cl)ccc1CCC[C@@H]1CCC(=O)N1. The summed E-state index contributed by atoms with van der Waals surface area (Å²) in [5, 5.41) is 7.10. The Bertz CT molecular complexity index is 1680. The highest BCUT2D eigenvalue weighted by Crippen LogP contribution is 2.42. The Balaban J connectivity index is 1.20. The van der Waals surface area contributed by atoms with Gasteiger partial charge in [-0.25, -0.2) is 9.97 Å². The molecule has 2 aliphatic rings. The van der Waals surface area contributed by atoms with E-state index in [1.165, 1.54) is 0 Å². The van der Waals surface area contributed by atoms with Gasteiger partial charge in [0.2, 0.25) is 17.7 Å². The normalized spacial score (nSPS) is 17.5. The minimum absolute atomic E-state index is 0.145. The Morgan fingerprint density at radius 3 is 2.21 bits per heavy atom. The predicted molar refractivity (Wildman–Crippen MR) is 192 cm³/mol. The zero-order valence-electron chi connectivity index (χ0n) is 27.3. The van der Waals surface area contributed by atoms with Crippen LogP contribution in [-0.4, -0.2) is 48.5 Å². The van der Waals surface area contributed by atoms with Crippen LogP contribution >= 0.6 is 27.5 Å². The van der Waals surface area contributed by atoms with Gasteiger partial charge >= 0.3 is 0 Å². The molecular weight excluding hydrogens is 692 g/mol. The zero-order chi connectivity index (χ0) is 33.6. The number of amides is 1. The first-order chi connectivity index (χ1) is 23.3. The molecule has 0 bridgehead atoms. The molecule has 1 saturated carbocycles. The van der Waals surface area contributed by atoms with Crippen molar-refractivity contribution in [3.63, 3.8) is 0 Å². The van der Waals surface area contributed by atoms with Crippen molar-refractivity contribution in [3.05, 3.63) is 81.3 Å². The van der Waals surface area contributed by atoms with Crippen molar-refractivity contribution >= 4 is 39.2 Å². The number of halogens is 2. The Morgan fingerprint density at radius 1 is 0.854 bits per heavy atom. The van der Waals surface area contributed by atoms with Crippen LogP contribution in [0.3, 0.4) is 0 Å². The van der Waals surface area contributed by atoms with E-state index >= 15 is 0 Å². The number of pyridine rings is 2. The molecule has 2 N–H and O–H groups in total. The van der Waals surface area contributed by atoms with E-state index in [9.17, 15) is 9.59 Å². The number of methoxy groups -OCH3 is 2. The van der Waals surface area contributed by atoms with Crippen LogP contribution < -0.4 is 20.1 Å². The maximum absolute atomic E-state index is 11.6. The highest BCUT2D eigenvalue weighted by molar-refractivity contribution is 9.10. The molecule has 1 saturated heterocycles. The van der Waals surface area contributed by atoms with Crippen molar-refractivity contribution in [2.24, 2.45) is 5.92 Å². The second kappa shape index (κ2) is 15.6. The van der Waals surface area contributed by atoms with Crippen molar-refractivity contribution in [2.45, 2.75) is 64.0 Å². The smallest absolute Gasteiger partial charge is 0.220 e. The first kappa shape index (κ1) is 34.1. The highest BCUT2D eigenvalue weighted by atomic mass is 79.9. The van der Waals surface area contributed by atoms with Crippen LogP contribution in [0.4, 0.5) is 0 Å². The number of ether oxygens (including phenoxy) is 2. The monoisotopic (exact) mass is 730 g/mol. The Labute approximate surface area is 295 Å². The Morgan fingerprint density at radius 2 is 1.52 bits per heavy atom. The van der Waals surface area contributed by atoms with E-state index in [2.05, 4.69) is 32.6 Å². The van der Waals surface area contributed by atoms with Crippen LogP contribution in [0.5, 0.6) is 11.8 Å². The number of aromatic nitrogens is 2. The molecule has 10 heteroatoms. The number of aryl methyl sites for hydroxylation is 1. The van der Waals surface area contributed by atoms with Gasteiger partial charge in [0, 0.05) is 64.1 Å². The molecule has 4 aromatic rings. The minimum atomic E-state index is 0.145. The van der Waals surface area contributed by atoms with Gasteiger partial charge in [-0.3, -0.25) is 9.59 Å². The van der Waals surface area contributed by atoms with Crippen molar-refractivity contribution in [1.82, 2.24) is 20.6 Å². The van der Waals surface area contributed by atoms with Crippen molar-refractivity contribution in [2.75, 3.05) is 20.8 Å². The number of hydrogen-bond acceptors (Lipinski definition) is 7. The molecule has 0 spiro atoms. The molecule has 1 aliphatic carbocycles. The summed E-state index contributed by atoms with van der Waals surface area (Å²) in [6.45, 7) is 1.42. The van der Waals surface area contributed by atoms with Gasteiger partial charge in [0.1, 0.15) is 5.78 Å². The maximum atomic E-state index is 11.6. The summed E-state index contributed by atoms with van der Waals surface area (Å²) in [5.41, 5.74) is 7.02. The average Bonchev–Trinajstić information content (AvgIpc) is 3.72. The largest absolute Gasteiger partial charge is 0.481 e. The second-order valence-corrected chi connectivity index (χ2v) is 13.7. The maximum Gasteiger partial charge on any atom is 0.220 e. The fourth-order valence-electron chi connectivity index (χ4n) is 6.70. The number of Topliss-reactive ketones (excluding diaryl/α,β-unsaturated/α-hetero) is 1. The van der Waals surface area contributed by atoms with Gasteiger partial charge in [-0.15, -0.1) is 0 Å². The van der Waals surface area contributed by atoms with Crippen molar-refractivity contribution in [1.29, 1.82) is 0 Å². The lowest BCUT2D eigenvalue weighted by Gasteiger charge is -2.16. The molecule has 250 valence electrons. The number of nitrogens with zero attached hydrogens (tertiary/aromatic N) is 2. The summed E-state index contributed by atoms with van der Waals surface area (Å²) >= 11 is 11.0. The van der Waals surface area contributed by atoms with E-state index in [0.29, 0.717) is 54.3 Å². The van der Waals surface area contributed by atoms with Crippen molar-refractivity contribution in [3.8, 4) is 45.4 Å². The first-order valence-corrected chi connectivity index (χ1v) is 17.7. The number of ketones is 1. The third-order valence-electron chi connectivity index (χ3n) is 9.28. The molecule has 1 aliphatic heterocycles. The molecule has 8 nitrogen and oxygen atoms in total. The standard InChI is InChI=1S/C38H40BrClN4O4/c1-47-37-24(6-3-7-26-15-19-34(46)42-26)13-17-33(44-37)31-11-5-9-29(36(31)40)28-8-4-10-30(35(28)39)32-18-14-25(38(43-32)48-2)22-41-21-23-12-16-27(45)20-23/h4-5,8-11,13-14,17-18,23,26,41H,3,6-7,12,15-16,19-22H2,1-2H3,(H,42,46)/t23-,26-/m1/s1. The lowest BCUT2D eigenvalue weighted by molar-refractivity contribution is -0.119. The molecule has 3 heterocycles. The van der Waals surface area contributed by atoms with Crippen LogP contribution in [0.15, 0.2) is 65.1 Å². The van der Waals surface area contributed by atoms with Crippen LogP contribution in [0, 0.1) is 5.92 Å². The van der Waals surface area contributed by atoms with Gasteiger partial charge in [0.05, 0.1) is 30.6 Å². The van der Waals surface area contributed by atoms with E-state index in [4.69, 9.17) is 31.0 Å². The summed E-state index contributed by atoms with van der Waals surface area (Å²) in [6.07, 6.45) is 6.53. The number of hydrogen-bond donors (Lipinski definition) is 2. The van der Waals surface area contributed by atoms with Crippen LogP contribution in [0.25, 0.3) is 33.6 Å². The topological polar surface area (TPSA) is 102 Å². The third kappa shape index (κ3) is 7.74. The molecule has 2 aromatic carbocycles. The van der Waals surface area contributed by atoms with Crippen LogP contribution in [0.1, 0.15) is 56.1 Å². The lowest BCUT2D eigenvalue weighted by atomic mass is 9.98. The Kier molecular flexibility index (Phi) is 11.1. The van der Waals surface area contributed by atoms with Crippen molar-refractivity contribution < 1.29 is 19.1 Å². The van der Waals surface area contributed by atoms with Crippen LogP contribution in [-0.2, 0) is 22.6 Å². The van der Waals surface area contributed by atoms with Gasteiger partial charge in [-0.1, -0.05) is 60.1 Å². The molecule has 48 heavy (non-hydrogen) atoms. The average molecular weight is 732 g/mol. The number of benzene rings is 2. The number of carbonyl (C=O) groups is 2. The summed E-state index contributed by atoms with van der Waals surface area (Å²) in [7, 11) is 3.27. The van der Waals surface area contributed by atoms with Crippen LogP contribution in [0.2, 0.25) is 5.02 Å². The van der Waals surface area contributed by atoms with Gasteiger partial charge in [-0.2, -0.15) is 0 Å². The molecule has 0 radical (unpaired) electrons. The number of nitrogens with one attached hydrogen (secondary N) is 2. The van der Waals surface area contributed by atoms with E-state index in [1.807, 2.05) is 54.6 Å². The van der Waals surface area contributed by atoms with Gasteiger partial charge in [-0.05, 0) is 78.2 Å². The third-order valence-corrected chi connectivity index (χ3v) is 10.5. The fourth-order valence-corrected chi connectivity index (χ4v) is 7.71.